The molecule has 0 heterocycles. The maximum Gasteiger partial charge on any atom is 0.151 e. The third kappa shape index (κ3) is 0.950. The van der Waals surface area contributed by atoms with Gasteiger partial charge in [-0.2, -0.15) is 0 Å². The average Bonchev–Trinajstić information content (AvgIpc) is 2.90. The molecule has 15 heavy (non-hydrogen) atoms. The monoisotopic (exact) mass is 201 g/mol. The Labute approximate surface area is 87.3 Å². The topological polar surface area (TPSA) is 60.2 Å². The minimum absolute atomic E-state index is 0.0476. The van der Waals surface area contributed by atoms with Crippen molar-refractivity contribution >= 4 is 17.3 Å². The highest BCUT2D eigenvalue weighted by Crippen LogP contribution is 2.60. The van der Waals surface area contributed by atoms with Crippen LogP contribution in [0.3, 0.4) is 0 Å². The summed E-state index contributed by atoms with van der Waals surface area (Å²) in [5.74, 6) is 0.146. The number of carbonyl (C=O) groups excluding carboxylic acids is 2. The minimum atomic E-state index is -0.467. The molecular weight excluding hydrogens is 190 g/mol. The van der Waals surface area contributed by atoms with Crippen molar-refractivity contribution in [1.82, 2.24) is 0 Å². The first-order valence-corrected chi connectivity index (χ1v) is 5.06. The van der Waals surface area contributed by atoms with Crippen LogP contribution in [-0.2, 0) is 15.0 Å². The summed E-state index contributed by atoms with van der Waals surface area (Å²) >= 11 is 0. The van der Waals surface area contributed by atoms with E-state index in [1.54, 1.807) is 12.1 Å². The van der Waals surface area contributed by atoms with Crippen LogP contribution < -0.4 is 5.73 Å². The Bertz CT molecular complexity index is 463. The number of Topliss-reactive ketones (excluding diaryl/α,β-unsaturated/α-hetero) is 2. The lowest BCUT2D eigenvalue weighted by atomic mass is 9.92. The Morgan fingerprint density at radius 1 is 1.20 bits per heavy atom. The zero-order valence-corrected chi connectivity index (χ0v) is 8.19. The van der Waals surface area contributed by atoms with Crippen LogP contribution in [-0.4, -0.2) is 11.6 Å². The van der Waals surface area contributed by atoms with Crippen LogP contribution in [0.4, 0.5) is 5.69 Å². The number of carbonyl (C=O) groups is 2. The van der Waals surface area contributed by atoms with Crippen molar-refractivity contribution in [1.29, 1.82) is 0 Å². The van der Waals surface area contributed by atoms with E-state index in [2.05, 4.69) is 0 Å². The van der Waals surface area contributed by atoms with Gasteiger partial charge in [0.15, 0.2) is 5.78 Å². The van der Waals surface area contributed by atoms with Gasteiger partial charge in [0.25, 0.3) is 0 Å². The Morgan fingerprint density at radius 2 is 1.87 bits per heavy atom. The van der Waals surface area contributed by atoms with Gasteiger partial charge in [0.1, 0.15) is 5.78 Å². The van der Waals surface area contributed by atoms with E-state index in [0.717, 1.165) is 5.56 Å². The first kappa shape index (κ1) is 8.65. The van der Waals surface area contributed by atoms with E-state index in [1.165, 1.54) is 0 Å². The summed E-state index contributed by atoms with van der Waals surface area (Å²) in [6.45, 7) is 0. The fourth-order valence-electron chi connectivity index (χ4n) is 2.66. The molecule has 2 unspecified atom stereocenters. The molecule has 0 aliphatic heterocycles. The lowest BCUT2D eigenvalue weighted by Gasteiger charge is -2.10. The standard InChI is InChI=1S/C12H11NO2/c13-8-3-1-7(2-4-8)12-6-9(12)10(14)5-11(12)15/h1-4,9H,5-6,13H2. The second kappa shape index (κ2) is 2.48. The number of rotatable bonds is 1. The largest absolute Gasteiger partial charge is 0.399 e. The van der Waals surface area contributed by atoms with E-state index in [9.17, 15) is 9.59 Å². The van der Waals surface area contributed by atoms with Crippen LogP contribution in [0, 0.1) is 5.92 Å². The molecule has 1 aromatic carbocycles. The summed E-state index contributed by atoms with van der Waals surface area (Å²) in [6.07, 6.45) is 0.823. The van der Waals surface area contributed by atoms with E-state index < -0.39 is 5.41 Å². The fraction of sp³-hybridized carbons (Fsp3) is 0.333. The SMILES string of the molecule is Nc1ccc(C23CC2C(=O)CC3=O)cc1. The van der Waals surface area contributed by atoms with Gasteiger partial charge in [0.05, 0.1) is 11.8 Å². The van der Waals surface area contributed by atoms with E-state index in [1.807, 2.05) is 12.1 Å². The van der Waals surface area contributed by atoms with Crippen molar-refractivity contribution in [3.05, 3.63) is 29.8 Å². The number of ketones is 2. The lowest BCUT2D eigenvalue weighted by molar-refractivity contribution is -0.124. The molecule has 0 saturated heterocycles. The second-order valence-electron chi connectivity index (χ2n) is 4.42. The molecule has 3 nitrogen and oxygen atoms in total. The van der Waals surface area contributed by atoms with E-state index >= 15 is 0 Å². The van der Waals surface area contributed by atoms with Crippen LogP contribution in [0.15, 0.2) is 24.3 Å². The summed E-state index contributed by atoms with van der Waals surface area (Å²) in [6, 6.07) is 7.31. The number of fused-ring (bicyclic) bond motifs is 1. The molecule has 0 radical (unpaired) electrons. The molecule has 2 saturated carbocycles. The van der Waals surface area contributed by atoms with Crippen molar-refractivity contribution in [2.45, 2.75) is 18.3 Å². The zero-order valence-electron chi connectivity index (χ0n) is 8.19. The van der Waals surface area contributed by atoms with Crippen LogP contribution in [0.25, 0.3) is 0 Å². The normalized spacial score (nSPS) is 32.9. The number of anilines is 1. The van der Waals surface area contributed by atoms with Crippen LogP contribution in [0.1, 0.15) is 18.4 Å². The molecule has 2 fully saturated rings. The number of hydrogen-bond donors (Lipinski definition) is 1. The number of nitrogen functional groups attached to an aromatic ring is 1. The smallest absolute Gasteiger partial charge is 0.151 e. The van der Waals surface area contributed by atoms with Gasteiger partial charge in [-0.15, -0.1) is 0 Å². The zero-order chi connectivity index (χ0) is 10.6. The maximum absolute atomic E-state index is 11.8. The Balaban J connectivity index is 2.06. The van der Waals surface area contributed by atoms with Gasteiger partial charge in [0, 0.05) is 11.6 Å². The Hall–Kier alpha value is -1.64. The number of nitrogens with two attached hydrogens (primary N) is 1. The van der Waals surface area contributed by atoms with Gasteiger partial charge in [-0.1, -0.05) is 12.1 Å². The summed E-state index contributed by atoms with van der Waals surface area (Å²) in [7, 11) is 0. The minimum Gasteiger partial charge on any atom is -0.399 e. The molecule has 2 aliphatic rings. The van der Waals surface area contributed by atoms with Crippen molar-refractivity contribution in [2.75, 3.05) is 5.73 Å². The van der Waals surface area contributed by atoms with Crippen LogP contribution in [0.5, 0.6) is 0 Å². The van der Waals surface area contributed by atoms with Gasteiger partial charge in [-0.3, -0.25) is 9.59 Å². The quantitative estimate of drug-likeness (QED) is 0.546. The van der Waals surface area contributed by atoms with Gasteiger partial charge in [-0.05, 0) is 24.1 Å². The molecule has 1 aromatic rings. The molecular formula is C12H11NO2. The van der Waals surface area contributed by atoms with E-state index in [4.69, 9.17) is 5.73 Å². The summed E-state index contributed by atoms with van der Waals surface area (Å²) in [4.78, 5) is 23.2. The van der Waals surface area contributed by atoms with Crippen molar-refractivity contribution in [2.24, 2.45) is 5.92 Å². The van der Waals surface area contributed by atoms with Crippen LogP contribution in [0.2, 0.25) is 0 Å². The average molecular weight is 201 g/mol. The van der Waals surface area contributed by atoms with Gasteiger partial charge >= 0.3 is 0 Å². The predicted octanol–water partition coefficient (Wildman–Crippen LogP) is 1.07. The van der Waals surface area contributed by atoms with Crippen LogP contribution >= 0.6 is 0 Å². The molecule has 2 aliphatic carbocycles. The first-order valence-electron chi connectivity index (χ1n) is 5.06. The highest BCUT2D eigenvalue weighted by Gasteiger charge is 2.68. The first-order chi connectivity index (χ1) is 7.14. The van der Waals surface area contributed by atoms with Gasteiger partial charge in [-0.25, -0.2) is 0 Å². The number of hydrogen-bond acceptors (Lipinski definition) is 3. The lowest BCUT2D eigenvalue weighted by Crippen LogP contribution is -2.17. The fourth-order valence-corrected chi connectivity index (χ4v) is 2.66. The summed E-state index contributed by atoms with van der Waals surface area (Å²) in [5, 5.41) is 0. The molecule has 76 valence electrons. The molecule has 3 heteroatoms. The third-order valence-corrected chi connectivity index (χ3v) is 3.61. The summed E-state index contributed by atoms with van der Waals surface area (Å²) in [5.41, 5.74) is 6.77. The maximum atomic E-state index is 11.8. The van der Waals surface area contributed by atoms with Crippen molar-refractivity contribution in [3.63, 3.8) is 0 Å². The second-order valence-corrected chi connectivity index (χ2v) is 4.42. The van der Waals surface area contributed by atoms with Crippen molar-refractivity contribution in [3.8, 4) is 0 Å². The molecule has 0 spiro atoms. The molecule has 3 rings (SSSR count). The molecule has 0 aromatic heterocycles. The van der Waals surface area contributed by atoms with Gasteiger partial charge < -0.3 is 5.73 Å². The van der Waals surface area contributed by atoms with Crippen molar-refractivity contribution < 1.29 is 9.59 Å². The third-order valence-electron chi connectivity index (χ3n) is 3.61. The van der Waals surface area contributed by atoms with E-state index in [0.29, 0.717) is 12.1 Å². The highest BCUT2D eigenvalue weighted by molar-refractivity contribution is 6.18. The summed E-state index contributed by atoms with van der Waals surface area (Å²) < 4.78 is 0. The predicted molar refractivity (Wildman–Crippen MR) is 55.3 cm³/mol. The molecule has 2 atom stereocenters. The van der Waals surface area contributed by atoms with Gasteiger partial charge in [0.2, 0.25) is 0 Å². The number of benzene rings is 1. The molecule has 0 bridgehead atoms. The molecule has 0 amide bonds. The highest BCUT2D eigenvalue weighted by atomic mass is 16.2. The Morgan fingerprint density at radius 3 is 2.33 bits per heavy atom. The molecule has 2 N–H and O–H groups in total. The van der Waals surface area contributed by atoms with E-state index in [-0.39, 0.29) is 23.9 Å². The Kier molecular flexibility index (Phi) is 1.43.